The van der Waals surface area contributed by atoms with Gasteiger partial charge < -0.3 is 5.84 Å². The second-order valence-electron chi connectivity index (χ2n) is 2.37. The van der Waals surface area contributed by atoms with Crippen molar-refractivity contribution in [3.63, 3.8) is 0 Å². The third-order valence-electron chi connectivity index (χ3n) is 1.50. The van der Waals surface area contributed by atoms with Gasteiger partial charge >= 0.3 is 0 Å². The fraction of sp³-hybridized carbons (Fsp3) is 0. The third-order valence-corrected chi connectivity index (χ3v) is 3.09. The minimum atomic E-state index is 0.814. The summed E-state index contributed by atoms with van der Waals surface area (Å²) >= 11 is 3.26. The Kier molecular flexibility index (Phi) is 2.37. The molecule has 0 spiro atoms. The number of nitrogens with zero attached hydrogens (tertiary/aromatic N) is 2. The second kappa shape index (κ2) is 3.68. The van der Waals surface area contributed by atoms with Gasteiger partial charge in [0.1, 0.15) is 5.01 Å². The number of thiazole rings is 1. The molecule has 0 unspecified atom stereocenters. The van der Waals surface area contributed by atoms with Gasteiger partial charge in [0.25, 0.3) is 0 Å². The van der Waals surface area contributed by atoms with Gasteiger partial charge in [-0.15, -0.1) is 11.3 Å². The zero-order chi connectivity index (χ0) is 9.10. The van der Waals surface area contributed by atoms with Gasteiger partial charge in [0.05, 0.1) is 11.9 Å². The zero-order valence-corrected chi connectivity index (χ0v) is 8.31. The Morgan fingerprint density at radius 2 is 2.38 bits per heavy atom. The normalized spacial score (nSPS) is 11.1. The van der Waals surface area contributed by atoms with E-state index in [2.05, 4.69) is 15.5 Å². The average Bonchev–Trinajstić information content (AvgIpc) is 2.70. The van der Waals surface area contributed by atoms with E-state index in [4.69, 9.17) is 5.84 Å². The number of nitrogens with two attached hydrogens (primary N) is 1. The fourth-order valence-electron chi connectivity index (χ4n) is 0.941. The van der Waals surface area contributed by atoms with Crippen LogP contribution in [0.25, 0.3) is 10.6 Å². The molecule has 0 bridgehead atoms. The van der Waals surface area contributed by atoms with Gasteiger partial charge in [-0.1, -0.05) is 0 Å². The van der Waals surface area contributed by atoms with E-state index in [9.17, 15) is 0 Å². The number of thiophene rings is 1. The first-order valence-corrected chi connectivity index (χ1v) is 5.44. The largest absolute Gasteiger partial charge is 0.323 e. The molecule has 0 saturated carbocycles. The molecular formula is C8H7N3S2. The quantitative estimate of drug-likeness (QED) is 0.468. The maximum absolute atomic E-state index is 5.02. The molecule has 3 nitrogen and oxygen atoms in total. The molecule has 2 aromatic rings. The Hall–Kier alpha value is -1.20. The molecule has 0 aromatic carbocycles. The van der Waals surface area contributed by atoms with Crippen LogP contribution in [-0.4, -0.2) is 11.2 Å². The van der Waals surface area contributed by atoms with Gasteiger partial charge in [0, 0.05) is 16.3 Å². The molecule has 0 radical (unpaired) electrons. The molecule has 0 fully saturated rings. The molecule has 2 rings (SSSR count). The molecule has 13 heavy (non-hydrogen) atoms. The lowest BCUT2D eigenvalue weighted by Crippen LogP contribution is -1.85. The van der Waals surface area contributed by atoms with E-state index in [0.717, 1.165) is 16.3 Å². The first kappa shape index (κ1) is 8.40. The highest BCUT2D eigenvalue weighted by molar-refractivity contribution is 7.14. The van der Waals surface area contributed by atoms with Crippen LogP contribution in [0.2, 0.25) is 0 Å². The van der Waals surface area contributed by atoms with Crippen LogP contribution in [0.4, 0.5) is 0 Å². The molecule has 2 aromatic heterocycles. The monoisotopic (exact) mass is 209 g/mol. The van der Waals surface area contributed by atoms with Crippen LogP contribution in [0.1, 0.15) is 5.69 Å². The maximum atomic E-state index is 5.02. The highest BCUT2D eigenvalue weighted by Crippen LogP contribution is 2.24. The molecule has 5 heteroatoms. The van der Waals surface area contributed by atoms with Gasteiger partial charge in [0.2, 0.25) is 0 Å². The molecule has 0 aliphatic heterocycles. The molecule has 0 aliphatic carbocycles. The summed E-state index contributed by atoms with van der Waals surface area (Å²) in [7, 11) is 0. The summed E-state index contributed by atoms with van der Waals surface area (Å²) in [5.41, 5.74) is 1.97. The van der Waals surface area contributed by atoms with Crippen molar-refractivity contribution in [3.8, 4) is 10.6 Å². The third kappa shape index (κ3) is 1.76. The molecule has 2 N–H and O–H groups in total. The first-order valence-electron chi connectivity index (χ1n) is 3.61. The minimum absolute atomic E-state index is 0.814. The van der Waals surface area contributed by atoms with Crippen molar-refractivity contribution in [1.82, 2.24) is 4.98 Å². The van der Waals surface area contributed by atoms with Gasteiger partial charge in [-0.3, -0.25) is 0 Å². The topological polar surface area (TPSA) is 51.3 Å². The molecule has 0 amide bonds. The summed E-state index contributed by atoms with van der Waals surface area (Å²) in [6.45, 7) is 0. The Morgan fingerprint density at radius 3 is 3.08 bits per heavy atom. The summed E-state index contributed by atoms with van der Waals surface area (Å²) in [6, 6.07) is 2.05. The summed E-state index contributed by atoms with van der Waals surface area (Å²) in [4.78, 5) is 4.34. The Morgan fingerprint density at radius 1 is 1.46 bits per heavy atom. The van der Waals surface area contributed by atoms with E-state index >= 15 is 0 Å². The summed E-state index contributed by atoms with van der Waals surface area (Å²) in [5, 5.41) is 10.5. The minimum Gasteiger partial charge on any atom is -0.323 e. The van der Waals surface area contributed by atoms with Crippen LogP contribution in [0, 0.1) is 0 Å². The van der Waals surface area contributed by atoms with E-state index in [1.807, 2.05) is 16.8 Å². The fourth-order valence-corrected chi connectivity index (χ4v) is 2.42. The van der Waals surface area contributed by atoms with Crippen molar-refractivity contribution in [1.29, 1.82) is 0 Å². The van der Waals surface area contributed by atoms with E-state index in [1.54, 1.807) is 28.9 Å². The predicted octanol–water partition coefficient (Wildman–Crippen LogP) is 2.16. The highest BCUT2D eigenvalue weighted by Gasteiger charge is 2.02. The lowest BCUT2D eigenvalue weighted by atomic mass is 10.4. The van der Waals surface area contributed by atoms with Gasteiger partial charge in [-0.2, -0.15) is 16.4 Å². The van der Waals surface area contributed by atoms with Crippen molar-refractivity contribution in [2.75, 3.05) is 0 Å². The Balaban J connectivity index is 2.33. The van der Waals surface area contributed by atoms with Crippen molar-refractivity contribution >= 4 is 28.9 Å². The van der Waals surface area contributed by atoms with E-state index in [1.165, 1.54) is 0 Å². The number of rotatable bonds is 2. The first-order chi connectivity index (χ1) is 6.40. The lowest BCUT2D eigenvalue weighted by molar-refractivity contribution is 1.25. The van der Waals surface area contributed by atoms with Crippen molar-refractivity contribution in [2.45, 2.75) is 0 Å². The Bertz CT molecular complexity index is 403. The molecule has 0 aliphatic rings. The van der Waals surface area contributed by atoms with Crippen LogP contribution >= 0.6 is 22.7 Å². The number of hydrazone groups is 1. The number of hydrogen-bond acceptors (Lipinski definition) is 5. The number of aromatic nitrogens is 1. The van der Waals surface area contributed by atoms with Crippen LogP contribution in [0.3, 0.4) is 0 Å². The molecule has 0 atom stereocenters. The van der Waals surface area contributed by atoms with Crippen molar-refractivity contribution in [3.05, 3.63) is 27.9 Å². The van der Waals surface area contributed by atoms with Crippen LogP contribution in [-0.2, 0) is 0 Å². The standard InChI is InChI=1S/C8H7N3S2/c9-10-3-7-5-13-8(11-7)6-1-2-12-4-6/h1-5H,9H2/b10-3+. The smallest absolute Gasteiger partial charge is 0.124 e. The zero-order valence-electron chi connectivity index (χ0n) is 6.68. The highest BCUT2D eigenvalue weighted by atomic mass is 32.1. The van der Waals surface area contributed by atoms with Gasteiger partial charge in [-0.05, 0) is 11.4 Å². The van der Waals surface area contributed by atoms with Crippen molar-refractivity contribution in [2.24, 2.45) is 10.9 Å². The summed E-state index contributed by atoms with van der Waals surface area (Å²) in [6.07, 6.45) is 1.55. The second-order valence-corrected chi connectivity index (χ2v) is 4.01. The van der Waals surface area contributed by atoms with Gasteiger partial charge in [0.15, 0.2) is 0 Å². The average molecular weight is 209 g/mol. The van der Waals surface area contributed by atoms with Crippen LogP contribution in [0.5, 0.6) is 0 Å². The van der Waals surface area contributed by atoms with Crippen LogP contribution in [0.15, 0.2) is 27.3 Å². The van der Waals surface area contributed by atoms with Crippen LogP contribution < -0.4 is 5.84 Å². The lowest BCUT2D eigenvalue weighted by Gasteiger charge is -1.85. The summed E-state index contributed by atoms with van der Waals surface area (Å²) < 4.78 is 0. The molecule has 66 valence electrons. The molecular weight excluding hydrogens is 202 g/mol. The SMILES string of the molecule is N/N=C/c1csc(-c2ccsc2)n1. The molecule has 2 heterocycles. The van der Waals surface area contributed by atoms with E-state index < -0.39 is 0 Å². The van der Waals surface area contributed by atoms with E-state index in [0.29, 0.717) is 0 Å². The predicted molar refractivity (Wildman–Crippen MR) is 57.2 cm³/mol. The van der Waals surface area contributed by atoms with Gasteiger partial charge in [-0.25, -0.2) is 4.98 Å². The van der Waals surface area contributed by atoms with Crippen molar-refractivity contribution < 1.29 is 0 Å². The maximum Gasteiger partial charge on any atom is 0.124 e. The molecule has 0 saturated heterocycles. The Labute approximate surface area is 83.6 Å². The number of hydrogen-bond donors (Lipinski definition) is 1. The summed E-state index contributed by atoms with van der Waals surface area (Å²) in [5.74, 6) is 5.02. The van der Waals surface area contributed by atoms with E-state index in [-0.39, 0.29) is 0 Å².